The SMILES string of the molecule is Cc1ccc(C(=O)NC2CCN(Cc3c(C)noc3C)CC2)s1. The van der Waals surface area contributed by atoms with Crippen molar-refractivity contribution in [3.63, 3.8) is 0 Å². The standard InChI is InChI=1S/C17H23N3O2S/c1-11-4-5-16(23-11)17(21)18-14-6-8-20(9-7-14)10-15-12(2)19-22-13(15)3/h4-5,14H,6-10H2,1-3H3,(H,18,21). The highest BCUT2D eigenvalue weighted by atomic mass is 32.1. The molecule has 23 heavy (non-hydrogen) atoms. The van der Waals surface area contributed by atoms with Gasteiger partial charge in [0.2, 0.25) is 0 Å². The van der Waals surface area contributed by atoms with Gasteiger partial charge in [-0.15, -0.1) is 11.3 Å². The van der Waals surface area contributed by atoms with Gasteiger partial charge in [0.05, 0.1) is 10.6 Å². The van der Waals surface area contributed by atoms with E-state index in [1.807, 2.05) is 32.9 Å². The molecule has 1 N–H and O–H groups in total. The molecule has 3 heterocycles. The summed E-state index contributed by atoms with van der Waals surface area (Å²) in [6.45, 7) is 8.82. The van der Waals surface area contributed by atoms with Crippen molar-refractivity contribution in [2.75, 3.05) is 13.1 Å². The number of carbonyl (C=O) groups excluding carboxylic acids is 1. The van der Waals surface area contributed by atoms with Gasteiger partial charge in [0.15, 0.2) is 0 Å². The summed E-state index contributed by atoms with van der Waals surface area (Å²) in [6.07, 6.45) is 1.97. The molecule has 0 saturated carbocycles. The van der Waals surface area contributed by atoms with Crippen LogP contribution in [0.5, 0.6) is 0 Å². The number of aromatic nitrogens is 1. The van der Waals surface area contributed by atoms with Crippen LogP contribution < -0.4 is 5.32 Å². The number of nitrogens with zero attached hydrogens (tertiary/aromatic N) is 2. The molecule has 1 fully saturated rings. The Kier molecular flexibility index (Phi) is 4.82. The van der Waals surface area contributed by atoms with Crippen molar-refractivity contribution in [2.24, 2.45) is 0 Å². The second kappa shape index (κ2) is 6.84. The lowest BCUT2D eigenvalue weighted by molar-refractivity contribution is 0.0913. The second-order valence-electron chi connectivity index (χ2n) is 6.24. The summed E-state index contributed by atoms with van der Waals surface area (Å²) in [6, 6.07) is 4.17. The Morgan fingerprint density at radius 3 is 2.65 bits per heavy atom. The van der Waals surface area contributed by atoms with Crippen LogP contribution in [0.1, 0.15) is 44.4 Å². The first-order valence-corrected chi connectivity index (χ1v) is 8.86. The fourth-order valence-electron chi connectivity index (χ4n) is 3.00. The van der Waals surface area contributed by atoms with E-state index in [-0.39, 0.29) is 11.9 Å². The number of aryl methyl sites for hydroxylation is 3. The van der Waals surface area contributed by atoms with Crippen molar-refractivity contribution >= 4 is 17.2 Å². The van der Waals surface area contributed by atoms with E-state index in [1.54, 1.807) is 11.3 Å². The van der Waals surface area contributed by atoms with Crippen molar-refractivity contribution in [2.45, 2.75) is 46.2 Å². The smallest absolute Gasteiger partial charge is 0.261 e. The maximum Gasteiger partial charge on any atom is 0.261 e. The van der Waals surface area contributed by atoms with Crippen LogP contribution >= 0.6 is 11.3 Å². The molecule has 0 radical (unpaired) electrons. The van der Waals surface area contributed by atoms with Gasteiger partial charge in [-0.05, 0) is 45.7 Å². The van der Waals surface area contributed by atoms with Crippen molar-refractivity contribution in [3.8, 4) is 0 Å². The van der Waals surface area contributed by atoms with Gasteiger partial charge in [0.1, 0.15) is 5.76 Å². The second-order valence-corrected chi connectivity index (χ2v) is 7.52. The Morgan fingerprint density at radius 1 is 1.35 bits per heavy atom. The van der Waals surface area contributed by atoms with Gasteiger partial charge in [-0.2, -0.15) is 0 Å². The first-order valence-electron chi connectivity index (χ1n) is 8.04. The molecule has 2 aromatic rings. The molecule has 1 aliphatic rings. The molecule has 5 nitrogen and oxygen atoms in total. The van der Waals surface area contributed by atoms with Gasteiger partial charge in [0.25, 0.3) is 5.91 Å². The largest absolute Gasteiger partial charge is 0.361 e. The normalized spacial score (nSPS) is 16.7. The van der Waals surface area contributed by atoms with Crippen molar-refractivity contribution in [1.82, 2.24) is 15.4 Å². The number of nitrogens with one attached hydrogen (secondary N) is 1. The highest BCUT2D eigenvalue weighted by Crippen LogP contribution is 2.20. The Bertz CT molecular complexity index is 664. The average Bonchev–Trinajstić information content (AvgIpc) is 3.10. The molecule has 1 aliphatic heterocycles. The monoisotopic (exact) mass is 333 g/mol. The number of thiophene rings is 1. The predicted octanol–water partition coefficient (Wildman–Crippen LogP) is 3.06. The highest BCUT2D eigenvalue weighted by Gasteiger charge is 2.23. The third-order valence-electron chi connectivity index (χ3n) is 4.45. The average molecular weight is 333 g/mol. The summed E-state index contributed by atoms with van der Waals surface area (Å²) < 4.78 is 5.23. The third kappa shape index (κ3) is 3.82. The number of hydrogen-bond acceptors (Lipinski definition) is 5. The first-order chi connectivity index (χ1) is 11.0. The number of carbonyl (C=O) groups is 1. The zero-order valence-electron chi connectivity index (χ0n) is 13.9. The molecular weight excluding hydrogens is 310 g/mol. The van der Waals surface area contributed by atoms with Crippen LogP contribution in [0, 0.1) is 20.8 Å². The van der Waals surface area contributed by atoms with E-state index in [4.69, 9.17) is 4.52 Å². The molecule has 6 heteroatoms. The summed E-state index contributed by atoms with van der Waals surface area (Å²) in [4.78, 5) is 16.6. The van der Waals surface area contributed by atoms with Gasteiger partial charge < -0.3 is 9.84 Å². The minimum atomic E-state index is 0.0623. The zero-order chi connectivity index (χ0) is 16.4. The summed E-state index contributed by atoms with van der Waals surface area (Å²) in [5.41, 5.74) is 2.17. The van der Waals surface area contributed by atoms with Crippen LogP contribution in [-0.4, -0.2) is 35.1 Å². The molecule has 0 unspecified atom stereocenters. The van der Waals surface area contributed by atoms with E-state index in [9.17, 15) is 4.79 Å². The molecule has 124 valence electrons. The minimum Gasteiger partial charge on any atom is -0.361 e. The Balaban J connectivity index is 1.50. The summed E-state index contributed by atoms with van der Waals surface area (Å²) in [5.74, 6) is 0.971. The molecule has 1 amide bonds. The van der Waals surface area contributed by atoms with E-state index in [0.717, 1.165) is 48.8 Å². The summed E-state index contributed by atoms with van der Waals surface area (Å²) in [5, 5.41) is 7.18. The maximum absolute atomic E-state index is 12.2. The minimum absolute atomic E-state index is 0.0623. The lowest BCUT2D eigenvalue weighted by Crippen LogP contribution is -2.44. The number of amides is 1. The number of piperidine rings is 1. The molecule has 2 aromatic heterocycles. The van der Waals surface area contributed by atoms with Crippen LogP contribution in [0.25, 0.3) is 0 Å². The Hall–Kier alpha value is -1.66. The molecular formula is C17H23N3O2S. The van der Waals surface area contributed by atoms with E-state index >= 15 is 0 Å². The zero-order valence-corrected chi connectivity index (χ0v) is 14.7. The van der Waals surface area contributed by atoms with Crippen LogP contribution in [0.3, 0.4) is 0 Å². The fourth-order valence-corrected chi connectivity index (χ4v) is 3.77. The lowest BCUT2D eigenvalue weighted by Gasteiger charge is -2.32. The van der Waals surface area contributed by atoms with Crippen molar-refractivity contribution in [1.29, 1.82) is 0 Å². The van der Waals surface area contributed by atoms with Gasteiger partial charge in [-0.1, -0.05) is 5.16 Å². The van der Waals surface area contributed by atoms with Gasteiger partial charge in [-0.25, -0.2) is 0 Å². The molecule has 3 rings (SSSR count). The topological polar surface area (TPSA) is 58.4 Å². The van der Waals surface area contributed by atoms with E-state index in [1.165, 1.54) is 10.4 Å². The highest BCUT2D eigenvalue weighted by molar-refractivity contribution is 7.13. The van der Waals surface area contributed by atoms with Gasteiger partial charge in [0, 0.05) is 36.1 Å². The quantitative estimate of drug-likeness (QED) is 0.934. The molecule has 0 bridgehead atoms. The lowest BCUT2D eigenvalue weighted by atomic mass is 10.0. The molecule has 0 aliphatic carbocycles. The van der Waals surface area contributed by atoms with Gasteiger partial charge in [-0.3, -0.25) is 9.69 Å². The molecule has 0 atom stereocenters. The Labute approximate surface area is 140 Å². The third-order valence-corrected chi connectivity index (χ3v) is 5.45. The van der Waals surface area contributed by atoms with Crippen molar-refractivity contribution < 1.29 is 9.32 Å². The van der Waals surface area contributed by atoms with Crippen LogP contribution in [0.15, 0.2) is 16.7 Å². The van der Waals surface area contributed by atoms with Crippen LogP contribution in [-0.2, 0) is 6.54 Å². The van der Waals surface area contributed by atoms with Crippen molar-refractivity contribution in [3.05, 3.63) is 38.9 Å². The van der Waals surface area contributed by atoms with E-state index in [0.29, 0.717) is 0 Å². The maximum atomic E-state index is 12.2. The summed E-state index contributed by atoms with van der Waals surface area (Å²) >= 11 is 1.55. The number of likely N-dealkylation sites (tertiary alicyclic amines) is 1. The predicted molar refractivity (Wildman–Crippen MR) is 90.8 cm³/mol. The molecule has 0 spiro atoms. The van der Waals surface area contributed by atoms with E-state index < -0.39 is 0 Å². The van der Waals surface area contributed by atoms with Crippen LogP contribution in [0.2, 0.25) is 0 Å². The summed E-state index contributed by atoms with van der Waals surface area (Å²) in [7, 11) is 0. The molecule has 0 aromatic carbocycles. The van der Waals surface area contributed by atoms with Gasteiger partial charge >= 0.3 is 0 Å². The van der Waals surface area contributed by atoms with Crippen LogP contribution in [0.4, 0.5) is 0 Å². The number of hydrogen-bond donors (Lipinski definition) is 1. The molecule has 1 saturated heterocycles. The van der Waals surface area contributed by atoms with E-state index in [2.05, 4.69) is 15.4 Å². The Morgan fingerprint density at radius 2 is 2.09 bits per heavy atom. The number of rotatable bonds is 4. The fraction of sp³-hybridized carbons (Fsp3) is 0.529. The first kappa shape index (κ1) is 16.2.